The van der Waals surface area contributed by atoms with E-state index in [2.05, 4.69) is 11.0 Å². The first kappa shape index (κ1) is 5.13. The van der Waals surface area contributed by atoms with Gasteiger partial charge in [-0.3, -0.25) is 5.01 Å². The Hall–Kier alpha value is -1.01. The molecule has 0 saturated heterocycles. The molecule has 1 aliphatic heterocycles. The summed E-state index contributed by atoms with van der Waals surface area (Å²) < 4.78 is 0. The molecular formula is C6H8N2. The van der Waals surface area contributed by atoms with Crippen molar-refractivity contribution in [2.45, 2.75) is 6.92 Å². The van der Waals surface area contributed by atoms with Gasteiger partial charge in [0.15, 0.2) is 0 Å². The number of rotatable bonds is 0. The zero-order chi connectivity index (χ0) is 5.98. The molecule has 2 nitrogen and oxygen atoms in total. The summed E-state index contributed by atoms with van der Waals surface area (Å²) in [6.45, 7) is 2.01. The molecule has 42 valence electrons. The van der Waals surface area contributed by atoms with Gasteiger partial charge in [-0.15, -0.1) is 5.10 Å². The zero-order valence-electron chi connectivity index (χ0n) is 5.05. The Morgan fingerprint density at radius 1 is 1.75 bits per heavy atom. The fraction of sp³-hybridized carbons (Fsp3) is 0.333. The van der Waals surface area contributed by atoms with E-state index in [0.29, 0.717) is 0 Å². The van der Waals surface area contributed by atoms with E-state index in [1.807, 2.05) is 26.2 Å². The van der Waals surface area contributed by atoms with Gasteiger partial charge in [-0.25, -0.2) is 0 Å². The first-order valence-corrected chi connectivity index (χ1v) is 2.50. The summed E-state index contributed by atoms with van der Waals surface area (Å²) in [6.07, 6.45) is 3.79. The maximum atomic E-state index is 3.83. The first-order valence-electron chi connectivity index (χ1n) is 2.50. The number of hydrogen-bond donors (Lipinski definition) is 0. The van der Waals surface area contributed by atoms with Crippen molar-refractivity contribution in [3.05, 3.63) is 17.8 Å². The molecule has 2 heteroatoms. The van der Waals surface area contributed by atoms with Crippen molar-refractivity contribution >= 4 is 5.87 Å². The van der Waals surface area contributed by atoms with Gasteiger partial charge in [-0.2, -0.15) is 0 Å². The van der Waals surface area contributed by atoms with Crippen LogP contribution in [0.5, 0.6) is 0 Å². The summed E-state index contributed by atoms with van der Waals surface area (Å²) in [6, 6.07) is 0. The molecule has 0 spiro atoms. The van der Waals surface area contributed by atoms with Crippen LogP contribution in [0.3, 0.4) is 0 Å². The Balaban J connectivity index is 2.86. The van der Waals surface area contributed by atoms with Crippen LogP contribution in [0.25, 0.3) is 0 Å². The molecule has 0 aromatic carbocycles. The molecule has 0 N–H and O–H groups in total. The largest absolute Gasteiger partial charge is 0.267 e. The predicted molar refractivity (Wildman–Crippen MR) is 33.5 cm³/mol. The lowest BCUT2D eigenvalue weighted by Crippen LogP contribution is -2.03. The molecule has 0 atom stereocenters. The van der Waals surface area contributed by atoms with Gasteiger partial charge in [0.05, 0.1) is 0 Å². The molecule has 0 fully saturated rings. The Kier molecular flexibility index (Phi) is 1.18. The second-order valence-corrected chi connectivity index (χ2v) is 1.82. The lowest BCUT2D eigenvalue weighted by Gasteiger charge is -2.06. The lowest BCUT2D eigenvalue weighted by molar-refractivity contribution is 0.488. The summed E-state index contributed by atoms with van der Waals surface area (Å²) in [5.41, 5.74) is 1.18. The van der Waals surface area contributed by atoms with Crippen molar-refractivity contribution in [2.24, 2.45) is 5.10 Å². The van der Waals surface area contributed by atoms with Gasteiger partial charge in [0.2, 0.25) is 0 Å². The van der Waals surface area contributed by atoms with Crippen LogP contribution in [-0.4, -0.2) is 17.9 Å². The minimum absolute atomic E-state index is 1.18. The Morgan fingerprint density at radius 2 is 2.50 bits per heavy atom. The van der Waals surface area contributed by atoms with Gasteiger partial charge in [-0.05, 0) is 12.5 Å². The highest BCUT2D eigenvalue weighted by molar-refractivity contribution is 5.58. The topological polar surface area (TPSA) is 15.6 Å². The van der Waals surface area contributed by atoms with E-state index in [4.69, 9.17) is 0 Å². The maximum absolute atomic E-state index is 3.83. The van der Waals surface area contributed by atoms with E-state index in [9.17, 15) is 0 Å². The molecule has 8 heavy (non-hydrogen) atoms. The lowest BCUT2D eigenvalue weighted by atomic mass is 10.3. The van der Waals surface area contributed by atoms with Crippen molar-refractivity contribution in [1.29, 1.82) is 0 Å². The minimum atomic E-state index is 1.18. The van der Waals surface area contributed by atoms with E-state index < -0.39 is 0 Å². The molecule has 1 aliphatic rings. The summed E-state index contributed by atoms with van der Waals surface area (Å²) in [4.78, 5) is 0. The molecule has 0 aromatic heterocycles. The highest BCUT2D eigenvalue weighted by Gasteiger charge is 1.89. The van der Waals surface area contributed by atoms with Crippen molar-refractivity contribution in [1.82, 2.24) is 5.01 Å². The Bertz CT molecular complexity index is 173. The second-order valence-electron chi connectivity index (χ2n) is 1.82. The van der Waals surface area contributed by atoms with Gasteiger partial charge < -0.3 is 0 Å². The number of hydrazone groups is 1. The summed E-state index contributed by atoms with van der Waals surface area (Å²) in [7, 11) is 1.88. The monoisotopic (exact) mass is 108 g/mol. The molecule has 0 saturated carbocycles. The van der Waals surface area contributed by atoms with Crippen LogP contribution in [0.4, 0.5) is 0 Å². The fourth-order valence-corrected chi connectivity index (χ4v) is 0.583. The van der Waals surface area contributed by atoms with Gasteiger partial charge >= 0.3 is 0 Å². The first-order chi connectivity index (χ1) is 3.79. The molecule has 1 heterocycles. The van der Waals surface area contributed by atoms with Gasteiger partial charge in [0.1, 0.15) is 0 Å². The standard InChI is InChI=1S/C6H8N2/c1-6-3-4-7-8(2)5-6/h3,5H,1-2H3. The maximum Gasteiger partial charge on any atom is 0.0304 e. The molecule has 0 aliphatic carbocycles. The summed E-state index contributed by atoms with van der Waals surface area (Å²) in [5.74, 6) is 2.74. The van der Waals surface area contributed by atoms with Crippen molar-refractivity contribution in [2.75, 3.05) is 7.05 Å². The molecular weight excluding hydrogens is 100 g/mol. The highest BCUT2D eigenvalue weighted by atomic mass is 15.4. The predicted octanol–water partition coefficient (Wildman–Crippen LogP) is 0.977. The van der Waals surface area contributed by atoms with E-state index in [1.54, 1.807) is 5.01 Å². The van der Waals surface area contributed by atoms with Crippen LogP contribution in [0, 0.1) is 0 Å². The van der Waals surface area contributed by atoms with E-state index in [-0.39, 0.29) is 0 Å². The smallest absolute Gasteiger partial charge is 0.0304 e. The van der Waals surface area contributed by atoms with Crippen LogP contribution < -0.4 is 0 Å². The molecule has 0 radical (unpaired) electrons. The van der Waals surface area contributed by atoms with Crippen molar-refractivity contribution < 1.29 is 0 Å². The van der Waals surface area contributed by atoms with E-state index in [0.717, 1.165) is 0 Å². The molecule has 1 rings (SSSR count). The van der Waals surface area contributed by atoms with Gasteiger partial charge in [-0.1, -0.05) is 0 Å². The van der Waals surface area contributed by atoms with Crippen LogP contribution in [-0.2, 0) is 0 Å². The third kappa shape index (κ3) is 0.983. The minimum Gasteiger partial charge on any atom is -0.267 e. The van der Waals surface area contributed by atoms with Gasteiger partial charge in [0.25, 0.3) is 0 Å². The molecule has 0 bridgehead atoms. The van der Waals surface area contributed by atoms with Crippen molar-refractivity contribution in [3.8, 4) is 0 Å². The van der Waals surface area contributed by atoms with E-state index in [1.165, 1.54) is 5.57 Å². The Morgan fingerprint density at radius 3 is 2.88 bits per heavy atom. The van der Waals surface area contributed by atoms with Crippen LogP contribution in [0.2, 0.25) is 0 Å². The van der Waals surface area contributed by atoms with Crippen molar-refractivity contribution in [3.63, 3.8) is 0 Å². The van der Waals surface area contributed by atoms with Crippen LogP contribution in [0.1, 0.15) is 6.92 Å². The number of allylic oxidation sites excluding steroid dienone is 2. The third-order valence-corrected chi connectivity index (χ3v) is 0.898. The fourth-order valence-electron chi connectivity index (χ4n) is 0.583. The zero-order valence-corrected chi connectivity index (χ0v) is 5.05. The number of hydrogen-bond acceptors (Lipinski definition) is 2. The average molecular weight is 108 g/mol. The SMILES string of the molecule is CC1=CN(C)N=C=C1. The third-order valence-electron chi connectivity index (χ3n) is 0.898. The molecule has 0 amide bonds. The normalized spacial score (nSPS) is 16.8. The second kappa shape index (κ2) is 1.85. The Labute approximate surface area is 48.8 Å². The number of nitrogens with zero attached hydrogens (tertiary/aromatic N) is 2. The molecule has 0 aromatic rings. The average Bonchev–Trinajstić information content (AvgIpc) is 1.64. The summed E-state index contributed by atoms with van der Waals surface area (Å²) in [5, 5.41) is 5.56. The summed E-state index contributed by atoms with van der Waals surface area (Å²) >= 11 is 0. The quantitative estimate of drug-likeness (QED) is 0.451. The highest BCUT2D eigenvalue weighted by Crippen LogP contribution is 1.98. The van der Waals surface area contributed by atoms with Crippen LogP contribution >= 0.6 is 0 Å². The van der Waals surface area contributed by atoms with E-state index >= 15 is 0 Å². The van der Waals surface area contributed by atoms with Gasteiger partial charge in [0, 0.05) is 25.2 Å². The molecule has 0 unspecified atom stereocenters. The van der Waals surface area contributed by atoms with Crippen LogP contribution in [0.15, 0.2) is 23.0 Å².